The van der Waals surface area contributed by atoms with Crippen molar-refractivity contribution in [2.45, 2.75) is 30.6 Å². The summed E-state index contributed by atoms with van der Waals surface area (Å²) < 4.78 is 10.5. The highest BCUT2D eigenvalue weighted by atomic mass is 32.2. The van der Waals surface area contributed by atoms with Gasteiger partial charge in [0.25, 0.3) is 0 Å². The number of hydrogen-bond donors (Lipinski definition) is 1. The Kier molecular flexibility index (Phi) is 6.48. The van der Waals surface area contributed by atoms with Gasteiger partial charge >= 0.3 is 0 Å². The molecule has 0 fully saturated rings. The Labute approximate surface area is 134 Å². The molecule has 0 saturated heterocycles. The first-order chi connectivity index (χ1) is 10.2. The van der Waals surface area contributed by atoms with Crippen LogP contribution in [-0.4, -0.2) is 28.8 Å². The molecule has 4 nitrogen and oxygen atoms in total. The smallest absolute Gasteiger partial charge is 0.170 e. The van der Waals surface area contributed by atoms with E-state index >= 15 is 0 Å². The van der Waals surface area contributed by atoms with Gasteiger partial charge in [-0.15, -0.1) is 0 Å². The number of benzene rings is 1. The van der Waals surface area contributed by atoms with Gasteiger partial charge in [0.05, 0.1) is 7.11 Å². The quantitative estimate of drug-likeness (QED) is 0.751. The van der Waals surface area contributed by atoms with Crippen LogP contribution in [0.4, 0.5) is 0 Å². The van der Waals surface area contributed by atoms with Gasteiger partial charge in [-0.05, 0) is 49.1 Å². The summed E-state index contributed by atoms with van der Waals surface area (Å²) in [7, 11) is 1.69. The molecule has 1 heterocycles. The third-order valence-electron chi connectivity index (χ3n) is 3.04. The second kappa shape index (κ2) is 8.36. The molecule has 1 unspecified atom stereocenters. The highest BCUT2D eigenvalue weighted by molar-refractivity contribution is 8.00. The topological polar surface area (TPSA) is 47.0 Å². The van der Waals surface area contributed by atoms with E-state index < -0.39 is 0 Å². The highest BCUT2D eigenvalue weighted by Crippen LogP contribution is 2.27. The summed E-state index contributed by atoms with van der Waals surface area (Å²) in [5.41, 5.74) is 1.28. The van der Waals surface area contributed by atoms with Gasteiger partial charge < -0.3 is 10.1 Å². The van der Waals surface area contributed by atoms with Crippen LogP contribution in [-0.2, 0) is 0 Å². The van der Waals surface area contributed by atoms with Crippen LogP contribution >= 0.6 is 23.3 Å². The fraction of sp³-hybridized carbons (Fsp3) is 0.467. The Balaban J connectivity index is 2.01. The zero-order valence-electron chi connectivity index (χ0n) is 12.6. The summed E-state index contributed by atoms with van der Waals surface area (Å²) >= 11 is 3.23. The summed E-state index contributed by atoms with van der Waals surface area (Å²) in [6.45, 7) is 5.11. The van der Waals surface area contributed by atoms with Crippen LogP contribution in [0.3, 0.4) is 0 Å². The predicted molar refractivity (Wildman–Crippen MR) is 89.4 cm³/mol. The molecule has 1 N–H and O–H groups in total. The maximum absolute atomic E-state index is 5.22. The number of methoxy groups -OCH3 is 1. The normalized spacial score (nSPS) is 12.3. The van der Waals surface area contributed by atoms with Crippen LogP contribution in [0.25, 0.3) is 0 Å². The average molecular weight is 323 g/mol. The molecule has 0 amide bonds. The van der Waals surface area contributed by atoms with Crippen molar-refractivity contribution in [1.82, 2.24) is 14.7 Å². The number of thioether (sulfide) groups is 1. The maximum atomic E-state index is 5.22. The number of aromatic nitrogens is 2. The van der Waals surface area contributed by atoms with Crippen molar-refractivity contribution in [3.8, 4) is 5.75 Å². The minimum absolute atomic E-state index is 0.310. The molecule has 0 aliphatic heterocycles. The van der Waals surface area contributed by atoms with Gasteiger partial charge in [0.15, 0.2) is 4.34 Å². The molecule has 0 radical (unpaired) electrons. The molecular formula is C15H21N3OS2. The molecule has 0 bridgehead atoms. The Bertz CT molecular complexity index is 542. The SMILES string of the molecule is CCCNC(CSc1nc(C)ns1)c1ccc(OC)cc1. The van der Waals surface area contributed by atoms with E-state index in [2.05, 4.69) is 33.7 Å². The highest BCUT2D eigenvalue weighted by Gasteiger charge is 2.13. The second-order valence-corrected chi connectivity index (χ2v) is 6.72. The van der Waals surface area contributed by atoms with Gasteiger partial charge in [-0.2, -0.15) is 4.37 Å². The molecule has 1 aromatic heterocycles. The number of hydrogen-bond acceptors (Lipinski definition) is 6. The fourth-order valence-electron chi connectivity index (χ4n) is 1.92. The first-order valence-electron chi connectivity index (χ1n) is 7.03. The zero-order valence-corrected chi connectivity index (χ0v) is 14.3. The minimum Gasteiger partial charge on any atom is -0.497 e. The van der Waals surface area contributed by atoms with Crippen LogP contribution in [0.2, 0.25) is 0 Å². The Hall–Kier alpha value is -1.11. The van der Waals surface area contributed by atoms with Crippen LogP contribution in [0.5, 0.6) is 5.75 Å². The number of rotatable bonds is 8. The molecule has 0 spiro atoms. The van der Waals surface area contributed by atoms with E-state index in [4.69, 9.17) is 4.74 Å². The van der Waals surface area contributed by atoms with Crippen LogP contribution in [0, 0.1) is 6.92 Å². The summed E-state index contributed by atoms with van der Waals surface area (Å²) in [4.78, 5) is 4.41. The van der Waals surface area contributed by atoms with Crippen LogP contribution < -0.4 is 10.1 Å². The van der Waals surface area contributed by atoms with Crippen molar-refractivity contribution in [2.75, 3.05) is 19.4 Å². The van der Waals surface area contributed by atoms with Crippen molar-refractivity contribution in [2.24, 2.45) is 0 Å². The first kappa shape index (κ1) is 16.3. The molecule has 0 aliphatic carbocycles. The van der Waals surface area contributed by atoms with E-state index in [1.807, 2.05) is 19.1 Å². The molecular weight excluding hydrogens is 302 g/mol. The van der Waals surface area contributed by atoms with Gasteiger partial charge in [-0.3, -0.25) is 0 Å². The van der Waals surface area contributed by atoms with Gasteiger partial charge in [0.2, 0.25) is 0 Å². The van der Waals surface area contributed by atoms with E-state index in [1.54, 1.807) is 18.9 Å². The molecule has 2 aromatic rings. The van der Waals surface area contributed by atoms with Crippen LogP contribution in [0.15, 0.2) is 28.6 Å². The van der Waals surface area contributed by atoms with Gasteiger partial charge in [-0.1, -0.05) is 30.8 Å². The fourth-order valence-corrected chi connectivity index (χ4v) is 3.69. The van der Waals surface area contributed by atoms with Gasteiger partial charge in [0.1, 0.15) is 11.6 Å². The lowest BCUT2D eigenvalue weighted by Gasteiger charge is -2.18. The number of ether oxygens (including phenoxy) is 1. The third kappa shape index (κ3) is 4.98. The first-order valence-corrected chi connectivity index (χ1v) is 8.79. The largest absolute Gasteiger partial charge is 0.497 e. The van der Waals surface area contributed by atoms with Crippen molar-refractivity contribution in [3.63, 3.8) is 0 Å². The molecule has 0 aliphatic rings. The van der Waals surface area contributed by atoms with E-state index in [9.17, 15) is 0 Å². The Morgan fingerprint density at radius 2 is 2.10 bits per heavy atom. The lowest BCUT2D eigenvalue weighted by atomic mass is 10.1. The standard InChI is InChI=1S/C15H21N3OS2/c1-4-9-16-14(10-20-15-17-11(2)18-21-15)12-5-7-13(19-3)8-6-12/h5-8,14,16H,4,9-10H2,1-3H3. The summed E-state index contributed by atoms with van der Waals surface area (Å²) in [5, 5.41) is 3.60. The van der Waals surface area contributed by atoms with Crippen molar-refractivity contribution < 1.29 is 4.74 Å². The zero-order chi connectivity index (χ0) is 15.1. The third-order valence-corrected chi connectivity index (χ3v) is 5.06. The van der Waals surface area contributed by atoms with Crippen LogP contribution in [0.1, 0.15) is 30.8 Å². The molecule has 2 rings (SSSR count). The number of nitrogens with zero attached hydrogens (tertiary/aromatic N) is 2. The summed E-state index contributed by atoms with van der Waals surface area (Å²) in [5.74, 6) is 2.69. The molecule has 1 aromatic carbocycles. The van der Waals surface area contributed by atoms with Gasteiger partial charge in [0, 0.05) is 11.8 Å². The molecule has 114 valence electrons. The van der Waals surface area contributed by atoms with E-state index in [1.165, 1.54) is 17.1 Å². The Morgan fingerprint density at radius 1 is 1.33 bits per heavy atom. The van der Waals surface area contributed by atoms with E-state index in [-0.39, 0.29) is 0 Å². The second-order valence-electron chi connectivity index (χ2n) is 4.70. The number of aryl methyl sites for hydroxylation is 1. The van der Waals surface area contributed by atoms with Crippen molar-refractivity contribution in [3.05, 3.63) is 35.7 Å². The predicted octanol–water partition coefficient (Wildman–Crippen LogP) is 3.69. The van der Waals surface area contributed by atoms with E-state index in [0.717, 1.165) is 34.6 Å². The van der Waals surface area contributed by atoms with E-state index in [0.29, 0.717) is 6.04 Å². The Morgan fingerprint density at radius 3 is 2.67 bits per heavy atom. The average Bonchev–Trinajstić information content (AvgIpc) is 2.93. The maximum Gasteiger partial charge on any atom is 0.170 e. The molecule has 6 heteroatoms. The number of nitrogens with one attached hydrogen (secondary N) is 1. The minimum atomic E-state index is 0.310. The monoisotopic (exact) mass is 323 g/mol. The summed E-state index contributed by atoms with van der Waals surface area (Å²) in [6, 6.07) is 8.58. The molecule has 1 atom stereocenters. The van der Waals surface area contributed by atoms with Crippen molar-refractivity contribution >= 4 is 23.3 Å². The molecule has 0 saturated carbocycles. The van der Waals surface area contributed by atoms with Crippen molar-refractivity contribution in [1.29, 1.82) is 0 Å². The van der Waals surface area contributed by atoms with Gasteiger partial charge in [-0.25, -0.2) is 4.98 Å². The molecule has 21 heavy (non-hydrogen) atoms. The lowest BCUT2D eigenvalue weighted by Crippen LogP contribution is -2.24. The lowest BCUT2D eigenvalue weighted by molar-refractivity contribution is 0.414. The summed E-state index contributed by atoms with van der Waals surface area (Å²) in [6.07, 6.45) is 1.12.